The zero-order valence-corrected chi connectivity index (χ0v) is 49.2. The Morgan fingerprint density at radius 3 is 0.909 bits per heavy atom. The minimum Gasteiger partial charge on any atom is -0.381 e. The monoisotopic (exact) mass is 1140 g/mol. The largest absolute Gasteiger partial charge is 0.381 e. The number of hydrogen-bond acceptors (Lipinski definition) is 2. The molecule has 0 aliphatic heterocycles. The van der Waals surface area contributed by atoms with Crippen LogP contribution in [0.25, 0.3) is 0 Å². The lowest BCUT2D eigenvalue weighted by molar-refractivity contribution is 0.00317. The molecule has 2 aromatic carbocycles. The van der Waals surface area contributed by atoms with E-state index in [1.165, 1.54) is 193 Å². The summed E-state index contributed by atoms with van der Waals surface area (Å²) in [6, 6.07) is 24.0. The van der Waals surface area contributed by atoms with Crippen molar-refractivity contribution in [3.8, 4) is 0 Å². The van der Waals surface area contributed by atoms with Gasteiger partial charge in [0.15, 0.2) is 0 Å². The summed E-state index contributed by atoms with van der Waals surface area (Å²) in [4.78, 5) is 0. The Bertz CT molecular complexity index is 1090. The zero-order valence-electron chi connectivity index (χ0n) is 44.9. The fourth-order valence-corrected chi connectivity index (χ4v) is 11.9. The molecule has 0 spiro atoms. The standard InChI is InChI=1S/C18H34.C16H30O2.2C7H14.2C6H6.C2H6.I2/c1-15-9-6-7-11-16(2)18(14-8-10-15)17-12-4-3-5-13-17;1-17-15-9-6-10-16(18-2)12-14(11-15)13-7-4-3-5-8-13;2*1-7-5-3-2-4-6-7;2*1-2-4-6-5-3-1;2*1-2/h15-18H,3-14H2,1-2H3;13-16H,3-12H2,1-2H3;2*7H,2-6H2,1H3;2*1-6H;1-2H3;. The maximum Gasteiger partial charge on any atom is 0.0574 e. The number of benzene rings is 2. The molecule has 6 aliphatic rings. The molecule has 384 valence electrons. The molecule has 0 N–H and O–H groups in total. The van der Waals surface area contributed by atoms with Crippen molar-refractivity contribution in [3.63, 3.8) is 0 Å². The van der Waals surface area contributed by atoms with Crippen LogP contribution < -0.4 is 0 Å². The van der Waals surface area contributed by atoms with Gasteiger partial charge in [0.1, 0.15) is 0 Å². The third kappa shape index (κ3) is 33.4. The Kier molecular flexibility index (Phi) is 44.4. The molecular weight excluding hydrogens is 1030 g/mol. The van der Waals surface area contributed by atoms with E-state index in [2.05, 4.69) is 64.9 Å². The van der Waals surface area contributed by atoms with Crippen LogP contribution in [0.5, 0.6) is 0 Å². The number of rotatable bonds is 4. The minimum atomic E-state index is 0.495. The Morgan fingerprint density at radius 2 is 0.576 bits per heavy atom. The molecule has 6 saturated carbocycles. The number of methoxy groups -OCH3 is 2. The molecule has 6 fully saturated rings. The van der Waals surface area contributed by atoms with Gasteiger partial charge < -0.3 is 9.47 Å². The SMILES string of the molecule is CC.CC1CCCCC(C)C(C2CCCCC2)CCC1.CC1CCCCC1.CC1CCCCC1.COC1CCCC(OC)CC(C2CCCCC2)C1.II.c1ccccc1.c1ccccc1. The van der Waals surface area contributed by atoms with E-state index < -0.39 is 0 Å². The first kappa shape index (κ1) is 63.8. The van der Waals surface area contributed by atoms with Gasteiger partial charge in [-0.1, -0.05) is 281 Å². The van der Waals surface area contributed by atoms with Crippen LogP contribution in [0, 0.1) is 47.3 Å². The third-order valence-electron chi connectivity index (χ3n) is 16.1. The van der Waals surface area contributed by atoms with Crippen LogP contribution in [0.2, 0.25) is 0 Å². The van der Waals surface area contributed by atoms with Gasteiger partial charge in [-0.3, -0.25) is 0 Å². The molecule has 2 aromatic rings. The van der Waals surface area contributed by atoms with Crippen LogP contribution in [0.1, 0.15) is 247 Å². The zero-order chi connectivity index (χ0) is 48.3. The van der Waals surface area contributed by atoms with Gasteiger partial charge >= 0.3 is 0 Å². The fourth-order valence-electron chi connectivity index (χ4n) is 11.9. The summed E-state index contributed by atoms with van der Waals surface area (Å²) in [5.41, 5.74) is 0. The molecule has 66 heavy (non-hydrogen) atoms. The summed E-state index contributed by atoms with van der Waals surface area (Å²) in [7, 11) is 3.77. The Labute approximate surface area is 437 Å². The molecule has 0 heterocycles. The molecule has 4 heteroatoms. The van der Waals surface area contributed by atoms with Crippen molar-refractivity contribution >= 4 is 37.2 Å². The van der Waals surface area contributed by atoms with E-state index in [4.69, 9.17) is 9.47 Å². The summed E-state index contributed by atoms with van der Waals surface area (Å²) in [5, 5.41) is 0. The van der Waals surface area contributed by atoms with Crippen molar-refractivity contribution in [3.05, 3.63) is 72.8 Å². The summed E-state index contributed by atoms with van der Waals surface area (Å²) >= 11 is 4.24. The average Bonchev–Trinajstić information content (AvgIpc) is 3.38. The molecule has 2 nitrogen and oxygen atoms in total. The second-order valence-corrected chi connectivity index (χ2v) is 21.4. The van der Waals surface area contributed by atoms with Gasteiger partial charge in [0.25, 0.3) is 0 Å². The van der Waals surface area contributed by atoms with Crippen molar-refractivity contribution < 1.29 is 9.47 Å². The Morgan fingerprint density at radius 1 is 0.303 bits per heavy atom. The highest BCUT2D eigenvalue weighted by atomic mass is 128. The van der Waals surface area contributed by atoms with Crippen molar-refractivity contribution in [1.29, 1.82) is 0 Å². The summed E-state index contributed by atoms with van der Waals surface area (Å²) < 4.78 is 11.4. The van der Waals surface area contributed by atoms with Crippen LogP contribution in [-0.4, -0.2) is 26.4 Å². The van der Waals surface area contributed by atoms with Gasteiger partial charge in [0.05, 0.1) is 12.2 Å². The van der Waals surface area contributed by atoms with Crippen LogP contribution in [-0.2, 0) is 9.47 Å². The summed E-state index contributed by atoms with van der Waals surface area (Å²) in [6.07, 6.45) is 47.5. The van der Waals surface area contributed by atoms with Gasteiger partial charge in [-0.15, -0.1) is 0 Å². The number of halogens is 2. The van der Waals surface area contributed by atoms with E-state index in [0.717, 1.165) is 47.3 Å². The van der Waals surface area contributed by atoms with Crippen LogP contribution in [0.3, 0.4) is 0 Å². The van der Waals surface area contributed by atoms with Crippen molar-refractivity contribution in [2.75, 3.05) is 14.2 Å². The molecule has 0 saturated heterocycles. The highest BCUT2D eigenvalue weighted by Crippen LogP contribution is 2.40. The van der Waals surface area contributed by atoms with Crippen LogP contribution in [0.15, 0.2) is 72.8 Å². The van der Waals surface area contributed by atoms with E-state index in [1.54, 1.807) is 12.8 Å². The highest BCUT2D eigenvalue weighted by Gasteiger charge is 2.31. The maximum atomic E-state index is 5.68. The first-order valence-electron chi connectivity index (χ1n) is 28.6. The summed E-state index contributed by atoms with van der Waals surface area (Å²) in [5.74, 6) is 7.99. The average molecular weight is 1140 g/mol. The number of hydrogen-bond donors (Lipinski definition) is 0. The molecule has 6 aliphatic carbocycles. The Hall–Kier alpha value is -0.180. The molecule has 5 unspecified atom stereocenters. The third-order valence-corrected chi connectivity index (χ3v) is 16.1. The van der Waals surface area contributed by atoms with Crippen LogP contribution in [0.4, 0.5) is 0 Å². The van der Waals surface area contributed by atoms with Crippen molar-refractivity contribution in [1.82, 2.24) is 0 Å². The molecule has 0 bridgehead atoms. The predicted octanol–water partition coefficient (Wildman–Crippen LogP) is 21.7. The van der Waals surface area contributed by atoms with Crippen LogP contribution >= 0.6 is 37.2 Å². The quantitative estimate of drug-likeness (QED) is 0.284. The normalized spacial score (nSPS) is 27.0. The van der Waals surface area contributed by atoms with Gasteiger partial charge in [-0.2, -0.15) is 0 Å². The maximum absolute atomic E-state index is 5.68. The molecule has 5 atom stereocenters. The van der Waals surface area contributed by atoms with E-state index in [1.807, 2.05) is 101 Å². The molecule has 0 aromatic heterocycles. The smallest absolute Gasteiger partial charge is 0.0574 e. The van der Waals surface area contributed by atoms with E-state index in [-0.39, 0.29) is 0 Å². The van der Waals surface area contributed by atoms with E-state index in [9.17, 15) is 0 Å². The lowest BCUT2D eigenvalue weighted by Gasteiger charge is -2.36. The lowest BCUT2D eigenvalue weighted by Crippen LogP contribution is -2.30. The van der Waals surface area contributed by atoms with Gasteiger partial charge in [-0.05, 0) is 85.9 Å². The second-order valence-electron chi connectivity index (χ2n) is 21.4. The van der Waals surface area contributed by atoms with E-state index >= 15 is 0 Å². The first-order chi connectivity index (χ1) is 32.4. The van der Waals surface area contributed by atoms with E-state index in [0.29, 0.717) is 12.2 Å². The predicted molar refractivity (Wildman–Crippen MR) is 312 cm³/mol. The van der Waals surface area contributed by atoms with Gasteiger partial charge in [-0.25, -0.2) is 0 Å². The molecular formula is C62H110I2O2. The minimum absolute atomic E-state index is 0.495. The topological polar surface area (TPSA) is 18.5 Å². The highest BCUT2D eigenvalue weighted by molar-refractivity contribution is 15.0. The molecule has 0 radical (unpaired) electrons. The summed E-state index contributed by atoms with van der Waals surface area (Å²) in [6.45, 7) is 13.8. The van der Waals surface area contributed by atoms with Gasteiger partial charge in [0, 0.05) is 51.5 Å². The molecule has 8 rings (SSSR count). The molecule has 0 amide bonds. The van der Waals surface area contributed by atoms with Crippen molar-refractivity contribution in [2.24, 2.45) is 47.3 Å². The Balaban J connectivity index is 0.000000416. The second kappa shape index (κ2) is 45.9. The van der Waals surface area contributed by atoms with Gasteiger partial charge in [0.2, 0.25) is 0 Å². The lowest BCUT2D eigenvalue weighted by atomic mass is 9.70. The first-order valence-corrected chi connectivity index (χ1v) is 34.9. The van der Waals surface area contributed by atoms with Crippen molar-refractivity contribution in [2.45, 2.75) is 259 Å². The fraction of sp³-hybridized carbons (Fsp3) is 0.806. The number of ether oxygens (including phenoxy) is 2.